The first kappa shape index (κ1) is 21.9. The fraction of sp³-hybridized carbons (Fsp3) is 0.409. The number of aromatic nitrogens is 1. The van der Waals surface area contributed by atoms with Crippen LogP contribution in [0.5, 0.6) is 5.75 Å². The van der Waals surface area contributed by atoms with Gasteiger partial charge in [-0.15, -0.1) is 0 Å². The van der Waals surface area contributed by atoms with Gasteiger partial charge in [0.25, 0.3) is 5.91 Å². The molecule has 0 spiro atoms. The van der Waals surface area contributed by atoms with Gasteiger partial charge in [0.15, 0.2) is 0 Å². The van der Waals surface area contributed by atoms with Crippen LogP contribution >= 0.6 is 11.6 Å². The van der Waals surface area contributed by atoms with Crippen LogP contribution in [0.1, 0.15) is 24.2 Å². The zero-order valence-electron chi connectivity index (χ0n) is 17.5. The predicted molar refractivity (Wildman–Crippen MR) is 117 cm³/mol. The molecule has 0 aliphatic carbocycles. The van der Waals surface area contributed by atoms with E-state index in [0.29, 0.717) is 42.5 Å². The Morgan fingerprint density at radius 3 is 2.47 bits per heavy atom. The van der Waals surface area contributed by atoms with Gasteiger partial charge in [0, 0.05) is 37.4 Å². The molecule has 0 unspecified atom stereocenters. The van der Waals surface area contributed by atoms with Crippen LogP contribution in [0.3, 0.4) is 0 Å². The average molecular weight is 431 g/mol. The van der Waals surface area contributed by atoms with Gasteiger partial charge in [-0.05, 0) is 36.2 Å². The maximum atomic E-state index is 13.2. The molecule has 30 heavy (non-hydrogen) atoms. The molecular weight excluding hydrogens is 404 g/mol. The van der Waals surface area contributed by atoms with Gasteiger partial charge < -0.3 is 19.9 Å². The van der Waals surface area contributed by atoms with Crippen LogP contribution in [0.4, 0.5) is 5.82 Å². The van der Waals surface area contributed by atoms with Crippen LogP contribution in [0.2, 0.25) is 5.02 Å². The smallest absolute Gasteiger partial charge is 0.255 e. The molecule has 2 amide bonds. The first-order chi connectivity index (χ1) is 14.4. The molecule has 0 bridgehead atoms. The largest absolute Gasteiger partial charge is 0.496 e. The summed E-state index contributed by atoms with van der Waals surface area (Å²) in [6.45, 7) is 6.39. The number of anilines is 1. The van der Waals surface area contributed by atoms with Crippen molar-refractivity contribution in [3.05, 3.63) is 53.2 Å². The van der Waals surface area contributed by atoms with Gasteiger partial charge in [-0.3, -0.25) is 9.59 Å². The van der Waals surface area contributed by atoms with E-state index in [-0.39, 0.29) is 17.7 Å². The number of piperazine rings is 1. The van der Waals surface area contributed by atoms with Crippen molar-refractivity contribution < 1.29 is 14.3 Å². The predicted octanol–water partition coefficient (Wildman–Crippen LogP) is 2.85. The third kappa shape index (κ3) is 5.02. The van der Waals surface area contributed by atoms with Crippen LogP contribution < -0.4 is 15.0 Å². The summed E-state index contributed by atoms with van der Waals surface area (Å²) in [6, 6.07) is 10.0. The van der Waals surface area contributed by atoms with Crippen molar-refractivity contribution in [3.8, 4) is 5.75 Å². The lowest BCUT2D eigenvalue weighted by atomic mass is 10.0. The van der Waals surface area contributed by atoms with Gasteiger partial charge in [-0.25, -0.2) is 4.98 Å². The fourth-order valence-corrected chi connectivity index (χ4v) is 3.66. The van der Waals surface area contributed by atoms with Crippen molar-refractivity contribution >= 4 is 29.2 Å². The lowest BCUT2D eigenvalue weighted by molar-refractivity contribution is -0.134. The Hall–Kier alpha value is -2.80. The second kappa shape index (κ2) is 9.80. The highest BCUT2D eigenvalue weighted by atomic mass is 35.5. The Morgan fingerprint density at radius 1 is 1.13 bits per heavy atom. The lowest BCUT2D eigenvalue weighted by Crippen LogP contribution is -2.56. The van der Waals surface area contributed by atoms with E-state index in [2.05, 4.69) is 15.2 Å². The Balaban J connectivity index is 1.67. The summed E-state index contributed by atoms with van der Waals surface area (Å²) in [4.78, 5) is 34.4. The van der Waals surface area contributed by atoms with E-state index in [1.807, 2.05) is 32.0 Å². The third-order valence-electron chi connectivity index (χ3n) is 5.19. The van der Waals surface area contributed by atoms with Gasteiger partial charge in [0.05, 0.1) is 12.7 Å². The second-order valence-electron chi connectivity index (χ2n) is 7.54. The van der Waals surface area contributed by atoms with E-state index < -0.39 is 6.04 Å². The van der Waals surface area contributed by atoms with Crippen molar-refractivity contribution in [2.75, 3.05) is 38.2 Å². The highest BCUT2D eigenvalue weighted by Crippen LogP contribution is 2.23. The van der Waals surface area contributed by atoms with E-state index in [1.54, 1.807) is 29.3 Å². The van der Waals surface area contributed by atoms with Crippen molar-refractivity contribution in [2.45, 2.75) is 19.9 Å². The number of carbonyl (C=O) groups excluding carboxylic acids is 2. The van der Waals surface area contributed by atoms with Crippen molar-refractivity contribution in [2.24, 2.45) is 5.92 Å². The molecule has 1 saturated heterocycles. The topological polar surface area (TPSA) is 74.8 Å². The van der Waals surface area contributed by atoms with Crippen molar-refractivity contribution in [1.82, 2.24) is 15.2 Å². The quantitative estimate of drug-likeness (QED) is 0.762. The Bertz CT molecular complexity index is 883. The SMILES string of the molecule is COc1ccc(Cl)cc1C(=O)N[C@@H](C(=O)N1CCN(c2ccccn2)CC1)C(C)C. The number of hydrogen-bond acceptors (Lipinski definition) is 5. The number of methoxy groups -OCH3 is 1. The lowest BCUT2D eigenvalue weighted by Gasteiger charge is -2.37. The first-order valence-electron chi connectivity index (χ1n) is 10.00. The van der Waals surface area contributed by atoms with Gasteiger partial charge >= 0.3 is 0 Å². The summed E-state index contributed by atoms with van der Waals surface area (Å²) in [5, 5.41) is 3.31. The van der Waals surface area contributed by atoms with E-state index in [9.17, 15) is 9.59 Å². The first-order valence-corrected chi connectivity index (χ1v) is 10.4. The Morgan fingerprint density at radius 2 is 1.87 bits per heavy atom. The maximum absolute atomic E-state index is 13.2. The molecule has 1 fully saturated rings. The highest BCUT2D eigenvalue weighted by Gasteiger charge is 2.31. The van der Waals surface area contributed by atoms with Crippen LogP contribution in [0.15, 0.2) is 42.6 Å². The summed E-state index contributed by atoms with van der Waals surface area (Å²) in [7, 11) is 1.49. The molecular formula is C22H27ClN4O3. The Labute approximate surface area is 182 Å². The number of ether oxygens (including phenoxy) is 1. The third-order valence-corrected chi connectivity index (χ3v) is 5.43. The number of halogens is 1. The minimum atomic E-state index is -0.636. The molecule has 1 N–H and O–H groups in total. The molecule has 0 saturated carbocycles. The molecule has 1 aliphatic rings. The number of benzene rings is 1. The van der Waals surface area contributed by atoms with Crippen LogP contribution in [0, 0.1) is 5.92 Å². The highest BCUT2D eigenvalue weighted by molar-refractivity contribution is 6.31. The Kier molecular flexibility index (Phi) is 7.15. The van der Waals surface area contributed by atoms with Crippen LogP contribution in [-0.2, 0) is 4.79 Å². The van der Waals surface area contributed by atoms with Gasteiger partial charge in [-0.2, -0.15) is 0 Å². The van der Waals surface area contributed by atoms with Gasteiger partial charge in [-0.1, -0.05) is 31.5 Å². The molecule has 1 aliphatic heterocycles. The number of carbonyl (C=O) groups is 2. The number of hydrogen-bond donors (Lipinski definition) is 1. The number of rotatable bonds is 6. The molecule has 1 atom stereocenters. The molecule has 160 valence electrons. The molecule has 2 heterocycles. The zero-order chi connectivity index (χ0) is 21.7. The number of amides is 2. The fourth-order valence-electron chi connectivity index (χ4n) is 3.48. The van der Waals surface area contributed by atoms with Gasteiger partial charge in [0.1, 0.15) is 17.6 Å². The summed E-state index contributed by atoms with van der Waals surface area (Å²) in [6.07, 6.45) is 1.77. The molecule has 1 aromatic heterocycles. The standard InChI is InChI=1S/C22H27ClN4O3/c1-15(2)20(25-21(28)17-14-16(23)7-8-18(17)30-3)22(29)27-12-10-26(11-13-27)19-6-4-5-9-24-19/h4-9,14-15,20H,10-13H2,1-3H3,(H,25,28)/t20-/m1/s1. The number of nitrogens with one attached hydrogen (secondary N) is 1. The summed E-state index contributed by atoms with van der Waals surface area (Å²) >= 11 is 6.04. The normalized spacial score (nSPS) is 15.1. The average Bonchev–Trinajstić information content (AvgIpc) is 2.77. The van der Waals surface area contributed by atoms with Crippen molar-refractivity contribution in [3.63, 3.8) is 0 Å². The molecule has 3 rings (SSSR count). The molecule has 1 aromatic carbocycles. The van der Waals surface area contributed by atoms with Crippen LogP contribution in [-0.4, -0.2) is 61.0 Å². The zero-order valence-corrected chi connectivity index (χ0v) is 18.2. The van der Waals surface area contributed by atoms with E-state index >= 15 is 0 Å². The number of pyridine rings is 1. The van der Waals surface area contributed by atoms with Gasteiger partial charge in [0.2, 0.25) is 5.91 Å². The minimum absolute atomic E-state index is 0.0690. The van der Waals surface area contributed by atoms with E-state index in [4.69, 9.17) is 16.3 Å². The monoisotopic (exact) mass is 430 g/mol. The molecule has 2 aromatic rings. The summed E-state index contributed by atoms with van der Waals surface area (Å²) in [5.41, 5.74) is 0.309. The molecule has 8 heteroatoms. The number of nitrogens with zero attached hydrogens (tertiary/aromatic N) is 3. The summed E-state index contributed by atoms with van der Waals surface area (Å²) < 4.78 is 5.27. The van der Waals surface area contributed by atoms with Crippen LogP contribution in [0.25, 0.3) is 0 Å². The second-order valence-corrected chi connectivity index (χ2v) is 7.98. The maximum Gasteiger partial charge on any atom is 0.255 e. The van der Waals surface area contributed by atoms with Crippen molar-refractivity contribution in [1.29, 1.82) is 0 Å². The van der Waals surface area contributed by atoms with E-state index in [1.165, 1.54) is 7.11 Å². The molecule has 7 nitrogen and oxygen atoms in total. The summed E-state index contributed by atoms with van der Waals surface area (Å²) in [5.74, 6) is 0.788. The molecule has 0 radical (unpaired) electrons. The minimum Gasteiger partial charge on any atom is -0.496 e. The van der Waals surface area contributed by atoms with E-state index in [0.717, 1.165) is 5.82 Å².